The molecule has 0 unspecified atom stereocenters. The first-order chi connectivity index (χ1) is 10.1. The van der Waals surface area contributed by atoms with Crippen molar-refractivity contribution in [1.82, 2.24) is 0 Å². The van der Waals surface area contributed by atoms with Crippen LogP contribution in [0.4, 0.5) is 5.00 Å². The second-order valence-corrected chi connectivity index (χ2v) is 5.57. The molecule has 0 aliphatic heterocycles. The maximum absolute atomic E-state index is 12.1. The lowest BCUT2D eigenvalue weighted by Crippen LogP contribution is -2.13. The highest BCUT2D eigenvalue weighted by Crippen LogP contribution is 2.30. The van der Waals surface area contributed by atoms with E-state index in [0.29, 0.717) is 10.6 Å². The molecule has 0 bridgehead atoms. The van der Waals surface area contributed by atoms with Gasteiger partial charge in [0.2, 0.25) is 5.22 Å². The zero-order valence-corrected chi connectivity index (χ0v) is 13.1. The molecule has 0 saturated carbocycles. The number of esters is 1. The third-order valence-corrected chi connectivity index (χ3v) is 4.20. The number of thiophene rings is 1. The number of rotatable bonds is 5. The van der Waals surface area contributed by atoms with Gasteiger partial charge < -0.3 is 14.5 Å². The second-order valence-electron chi connectivity index (χ2n) is 4.09. The maximum atomic E-state index is 12.1. The predicted molar refractivity (Wildman–Crippen MR) is 81.3 cm³/mol. The van der Waals surface area contributed by atoms with Gasteiger partial charge in [0.1, 0.15) is 5.00 Å². The van der Waals surface area contributed by atoms with E-state index in [2.05, 4.69) is 5.32 Å². The number of ether oxygens (including phenoxy) is 1. The highest BCUT2D eigenvalue weighted by Gasteiger charge is 2.20. The monoisotopic (exact) mass is 327 g/mol. The van der Waals surface area contributed by atoms with Gasteiger partial charge in [-0.3, -0.25) is 4.79 Å². The fraction of sp³-hybridized carbons (Fsp3) is 0.286. The Labute approximate surface area is 130 Å². The average molecular weight is 328 g/mol. The van der Waals surface area contributed by atoms with Gasteiger partial charge in [0, 0.05) is 4.88 Å². The van der Waals surface area contributed by atoms with Crippen LogP contribution in [0.15, 0.2) is 22.8 Å². The number of hydrogen-bond acceptors (Lipinski definition) is 5. The van der Waals surface area contributed by atoms with E-state index < -0.39 is 11.9 Å². The lowest BCUT2D eigenvalue weighted by Gasteiger charge is -2.05. The van der Waals surface area contributed by atoms with Gasteiger partial charge in [-0.25, -0.2) is 4.79 Å². The Kier molecular flexibility index (Phi) is 5.03. The molecule has 21 heavy (non-hydrogen) atoms. The Morgan fingerprint density at radius 2 is 2.14 bits per heavy atom. The summed E-state index contributed by atoms with van der Waals surface area (Å²) in [7, 11) is 0. The van der Waals surface area contributed by atoms with Crippen LogP contribution in [0.1, 0.15) is 39.4 Å². The molecule has 2 rings (SSSR count). The Balaban J connectivity index is 2.26. The van der Waals surface area contributed by atoms with Crippen molar-refractivity contribution in [3.63, 3.8) is 0 Å². The van der Waals surface area contributed by atoms with Crippen LogP contribution in [0.25, 0.3) is 0 Å². The lowest BCUT2D eigenvalue weighted by molar-refractivity contribution is 0.0528. The van der Waals surface area contributed by atoms with E-state index in [1.807, 2.05) is 6.92 Å². The van der Waals surface area contributed by atoms with E-state index in [4.69, 9.17) is 20.8 Å². The van der Waals surface area contributed by atoms with Crippen LogP contribution in [-0.4, -0.2) is 18.5 Å². The first-order valence-corrected chi connectivity index (χ1v) is 7.60. The molecule has 1 N–H and O–H groups in total. The molecule has 2 aromatic rings. The lowest BCUT2D eigenvalue weighted by atomic mass is 10.2. The number of nitrogens with one attached hydrogen (secondary N) is 1. The smallest absolute Gasteiger partial charge is 0.341 e. The molecule has 0 aliphatic carbocycles. The Morgan fingerprint density at radius 1 is 1.38 bits per heavy atom. The van der Waals surface area contributed by atoms with Gasteiger partial charge in [-0.15, -0.1) is 11.3 Å². The van der Waals surface area contributed by atoms with E-state index in [-0.39, 0.29) is 17.4 Å². The van der Waals surface area contributed by atoms with Crippen LogP contribution in [0, 0.1) is 0 Å². The number of aryl methyl sites for hydroxylation is 1. The average Bonchev–Trinajstić information content (AvgIpc) is 3.05. The van der Waals surface area contributed by atoms with Crippen molar-refractivity contribution in [1.29, 1.82) is 0 Å². The van der Waals surface area contributed by atoms with E-state index in [0.717, 1.165) is 11.3 Å². The predicted octanol–water partition coefficient (Wildman–Crippen LogP) is 3.99. The molecule has 1 amide bonds. The quantitative estimate of drug-likeness (QED) is 0.843. The van der Waals surface area contributed by atoms with Crippen LogP contribution in [-0.2, 0) is 11.2 Å². The zero-order chi connectivity index (χ0) is 15.4. The molecule has 0 aliphatic rings. The summed E-state index contributed by atoms with van der Waals surface area (Å²) < 4.78 is 9.88. The summed E-state index contributed by atoms with van der Waals surface area (Å²) in [6.45, 7) is 3.98. The molecule has 0 fully saturated rings. The van der Waals surface area contributed by atoms with Gasteiger partial charge in [0.25, 0.3) is 5.91 Å². The largest absolute Gasteiger partial charge is 0.462 e. The summed E-state index contributed by atoms with van der Waals surface area (Å²) in [6.07, 6.45) is 2.09. The third kappa shape index (κ3) is 3.46. The fourth-order valence-electron chi connectivity index (χ4n) is 1.70. The molecule has 0 aromatic carbocycles. The van der Waals surface area contributed by atoms with Crippen molar-refractivity contribution in [3.05, 3.63) is 39.6 Å². The van der Waals surface area contributed by atoms with E-state index in [9.17, 15) is 9.59 Å². The highest BCUT2D eigenvalue weighted by atomic mass is 35.5. The van der Waals surface area contributed by atoms with Gasteiger partial charge in [-0.1, -0.05) is 6.92 Å². The third-order valence-electron chi connectivity index (χ3n) is 2.72. The van der Waals surface area contributed by atoms with Crippen LogP contribution in [0.3, 0.4) is 0 Å². The van der Waals surface area contributed by atoms with Crippen LogP contribution >= 0.6 is 22.9 Å². The molecule has 0 spiro atoms. The van der Waals surface area contributed by atoms with Crippen molar-refractivity contribution in [2.45, 2.75) is 20.3 Å². The highest BCUT2D eigenvalue weighted by molar-refractivity contribution is 7.16. The minimum Gasteiger partial charge on any atom is -0.462 e. The minimum atomic E-state index is -0.456. The Hall–Kier alpha value is -1.79. The molecule has 2 heterocycles. The summed E-state index contributed by atoms with van der Waals surface area (Å²) in [5, 5.41) is 3.15. The molecule has 0 radical (unpaired) electrons. The van der Waals surface area contributed by atoms with Crippen molar-refractivity contribution < 1.29 is 18.7 Å². The summed E-state index contributed by atoms with van der Waals surface area (Å²) in [6, 6.07) is 3.20. The van der Waals surface area contributed by atoms with Gasteiger partial charge in [-0.2, -0.15) is 0 Å². The summed E-state index contributed by atoms with van der Waals surface area (Å²) in [5.74, 6) is -0.883. The molecule has 0 saturated heterocycles. The molecule has 112 valence electrons. The summed E-state index contributed by atoms with van der Waals surface area (Å²) in [4.78, 5) is 25.0. The Bertz CT molecular complexity index is 662. The first-order valence-electron chi connectivity index (χ1n) is 6.41. The van der Waals surface area contributed by atoms with Crippen molar-refractivity contribution in [2.75, 3.05) is 11.9 Å². The molecule has 2 aromatic heterocycles. The normalized spacial score (nSPS) is 10.4. The molecule has 0 atom stereocenters. The second kappa shape index (κ2) is 6.78. The minimum absolute atomic E-state index is 0.0115. The standard InChI is InChI=1S/C14H14ClNO4S/c1-3-8-7-10(14(18)19-4-2)13(21-8)16-12(17)9-5-6-20-11(9)15/h5-7H,3-4H2,1-2H3,(H,16,17). The molecular formula is C14H14ClNO4S. The van der Waals surface area contributed by atoms with E-state index in [1.54, 1.807) is 13.0 Å². The van der Waals surface area contributed by atoms with Crippen molar-refractivity contribution >= 4 is 39.8 Å². The van der Waals surface area contributed by atoms with Gasteiger partial charge in [0.15, 0.2) is 0 Å². The maximum Gasteiger partial charge on any atom is 0.341 e. The number of carbonyl (C=O) groups excluding carboxylic acids is 2. The topological polar surface area (TPSA) is 68.5 Å². The molecular weight excluding hydrogens is 314 g/mol. The number of hydrogen-bond donors (Lipinski definition) is 1. The SMILES string of the molecule is CCOC(=O)c1cc(CC)sc1NC(=O)c1ccoc1Cl. The number of carbonyl (C=O) groups is 2. The van der Waals surface area contributed by atoms with Gasteiger partial charge >= 0.3 is 5.97 Å². The number of halogens is 1. The fourth-order valence-corrected chi connectivity index (χ4v) is 2.88. The van der Waals surface area contributed by atoms with E-state index in [1.165, 1.54) is 23.7 Å². The molecule has 7 heteroatoms. The first kappa shape index (κ1) is 15.6. The van der Waals surface area contributed by atoms with E-state index >= 15 is 0 Å². The Morgan fingerprint density at radius 3 is 2.71 bits per heavy atom. The van der Waals surface area contributed by atoms with Gasteiger partial charge in [0.05, 0.1) is 24.0 Å². The van der Waals surface area contributed by atoms with Crippen LogP contribution in [0.2, 0.25) is 5.22 Å². The van der Waals surface area contributed by atoms with Crippen LogP contribution in [0.5, 0.6) is 0 Å². The van der Waals surface area contributed by atoms with Gasteiger partial charge in [-0.05, 0) is 37.1 Å². The number of amides is 1. The van der Waals surface area contributed by atoms with Crippen molar-refractivity contribution in [2.24, 2.45) is 0 Å². The summed E-state index contributed by atoms with van der Waals surface area (Å²) >= 11 is 7.11. The number of anilines is 1. The van der Waals surface area contributed by atoms with Crippen LogP contribution < -0.4 is 5.32 Å². The zero-order valence-electron chi connectivity index (χ0n) is 11.6. The molecule has 5 nitrogen and oxygen atoms in total. The summed E-state index contributed by atoms with van der Waals surface area (Å²) in [5.41, 5.74) is 0.574. The van der Waals surface area contributed by atoms with Crippen molar-refractivity contribution in [3.8, 4) is 0 Å². The number of furan rings is 1.